The highest BCUT2D eigenvalue weighted by Crippen LogP contribution is 2.26. The van der Waals surface area contributed by atoms with Gasteiger partial charge in [0.25, 0.3) is 0 Å². The van der Waals surface area contributed by atoms with Crippen LogP contribution in [0, 0.1) is 0 Å². The van der Waals surface area contributed by atoms with E-state index in [0.29, 0.717) is 12.5 Å². The molecule has 0 spiro atoms. The fourth-order valence-corrected chi connectivity index (χ4v) is 2.47. The maximum atomic E-state index is 12.2. The monoisotopic (exact) mass is 301 g/mol. The molecule has 0 saturated carbocycles. The molecule has 120 valence electrons. The lowest BCUT2D eigenvalue weighted by Gasteiger charge is -2.29. The Bertz CT molecular complexity index is 438. The summed E-state index contributed by atoms with van der Waals surface area (Å²) in [5.74, 6) is 0.494. The molecule has 1 heterocycles. The summed E-state index contributed by atoms with van der Waals surface area (Å²) in [6.45, 7) is 9.78. The molecule has 0 amide bonds. The van der Waals surface area contributed by atoms with Crippen molar-refractivity contribution < 1.29 is 13.2 Å². The highest BCUT2D eigenvalue weighted by Gasteiger charge is 2.28. The molecule has 0 atom stereocenters. The highest BCUT2D eigenvalue weighted by molar-refractivity contribution is 5.35. The molecule has 0 radical (unpaired) electrons. The summed E-state index contributed by atoms with van der Waals surface area (Å²) in [7, 11) is 0. The van der Waals surface area contributed by atoms with Crippen LogP contribution in [0.1, 0.15) is 56.7 Å². The number of alkyl halides is 3. The predicted octanol–water partition coefficient (Wildman–Crippen LogP) is 5.15. The average molecular weight is 301 g/mol. The summed E-state index contributed by atoms with van der Waals surface area (Å²) in [5, 5.41) is 0. The van der Waals surface area contributed by atoms with Crippen LogP contribution >= 0.6 is 0 Å². The molecule has 0 bridgehead atoms. The maximum absolute atomic E-state index is 12.2. The summed E-state index contributed by atoms with van der Waals surface area (Å²) in [6.07, 6.45) is -3.91. The number of hydrogen-bond acceptors (Lipinski definition) is 1. The van der Waals surface area contributed by atoms with E-state index in [0.717, 1.165) is 13.0 Å². The van der Waals surface area contributed by atoms with Crippen LogP contribution in [0.4, 0.5) is 13.2 Å². The first-order chi connectivity index (χ1) is 9.85. The largest absolute Gasteiger partial charge is 0.390 e. The number of hydrogen-bond donors (Lipinski definition) is 0. The van der Waals surface area contributed by atoms with Crippen molar-refractivity contribution in [3.05, 3.63) is 34.9 Å². The Hall–Kier alpha value is -1.03. The minimum atomic E-state index is -4.05. The first kappa shape index (κ1) is 18.0. The van der Waals surface area contributed by atoms with Crippen molar-refractivity contribution in [3.8, 4) is 0 Å². The molecular formula is C17H26F3N. The fraction of sp³-hybridized carbons (Fsp3) is 0.647. The number of nitrogens with zero attached hydrogens (tertiary/aromatic N) is 1. The van der Waals surface area contributed by atoms with Gasteiger partial charge in [-0.2, -0.15) is 13.2 Å². The van der Waals surface area contributed by atoms with Gasteiger partial charge < -0.3 is 0 Å². The first-order valence-electron chi connectivity index (χ1n) is 7.76. The van der Waals surface area contributed by atoms with Gasteiger partial charge in [0, 0.05) is 19.6 Å². The van der Waals surface area contributed by atoms with E-state index in [1.807, 2.05) is 18.7 Å². The average Bonchev–Trinajstić information content (AvgIpc) is 2.45. The minimum absolute atomic E-state index is 0.106. The molecule has 2 rings (SSSR count). The van der Waals surface area contributed by atoms with E-state index in [2.05, 4.69) is 32.0 Å². The topological polar surface area (TPSA) is 3.24 Å². The van der Waals surface area contributed by atoms with Crippen molar-refractivity contribution in [1.82, 2.24) is 4.90 Å². The standard InChI is InChI=1S/C15H20F3N.C2H6/c1-11(2)12-3-4-14-10-19(7-5-13(14)9-12)8-6-15(16,17)18;1-2/h3-4,9,11H,5-8,10H2,1-2H3;1-2H3. The van der Waals surface area contributed by atoms with Crippen molar-refractivity contribution in [2.45, 2.75) is 59.2 Å². The smallest absolute Gasteiger partial charge is 0.298 e. The summed E-state index contributed by atoms with van der Waals surface area (Å²) >= 11 is 0. The Kier molecular flexibility index (Phi) is 6.72. The second kappa shape index (κ2) is 7.83. The molecule has 1 aromatic rings. The van der Waals surface area contributed by atoms with Crippen molar-refractivity contribution in [1.29, 1.82) is 0 Å². The van der Waals surface area contributed by atoms with E-state index in [9.17, 15) is 13.2 Å². The number of fused-ring (bicyclic) bond motifs is 1. The van der Waals surface area contributed by atoms with Gasteiger partial charge in [-0.25, -0.2) is 0 Å². The van der Waals surface area contributed by atoms with E-state index < -0.39 is 12.6 Å². The zero-order valence-electron chi connectivity index (χ0n) is 13.4. The van der Waals surface area contributed by atoms with Gasteiger partial charge in [0.2, 0.25) is 0 Å². The van der Waals surface area contributed by atoms with E-state index in [4.69, 9.17) is 0 Å². The molecule has 0 aromatic heterocycles. The Morgan fingerprint density at radius 2 is 1.81 bits per heavy atom. The number of halogens is 3. The quantitative estimate of drug-likeness (QED) is 0.746. The van der Waals surface area contributed by atoms with E-state index in [-0.39, 0.29) is 6.54 Å². The van der Waals surface area contributed by atoms with Gasteiger partial charge in [-0.3, -0.25) is 4.90 Å². The van der Waals surface area contributed by atoms with Crippen molar-refractivity contribution in [3.63, 3.8) is 0 Å². The van der Waals surface area contributed by atoms with Gasteiger partial charge in [-0.15, -0.1) is 0 Å². The van der Waals surface area contributed by atoms with Crippen LogP contribution in [-0.4, -0.2) is 24.2 Å². The molecule has 0 saturated heterocycles. The molecule has 0 unspecified atom stereocenters. The van der Waals surface area contributed by atoms with Crippen LogP contribution in [-0.2, 0) is 13.0 Å². The first-order valence-corrected chi connectivity index (χ1v) is 7.76. The number of benzene rings is 1. The van der Waals surface area contributed by atoms with Crippen LogP contribution < -0.4 is 0 Å². The zero-order valence-corrected chi connectivity index (χ0v) is 13.4. The third-order valence-corrected chi connectivity index (χ3v) is 3.70. The van der Waals surface area contributed by atoms with Crippen LogP contribution in [0.3, 0.4) is 0 Å². The SMILES string of the molecule is CC.CC(C)c1ccc2c(c1)CCN(CCC(F)(F)F)C2. The van der Waals surface area contributed by atoms with Crippen LogP contribution in [0.5, 0.6) is 0 Å². The Labute approximate surface area is 126 Å². The molecule has 1 aliphatic rings. The normalized spacial score (nSPS) is 15.4. The Balaban J connectivity index is 0.00000106. The van der Waals surface area contributed by atoms with Gasteiger partial charge in [-0.1, -0.05) is 45.9 Å². The van der Waals surface area contributed by atoms with Gasteiger partial charge >= 0.3 is 6.18 Å². The lowest BCUT2D eigenvalue weighted by atomic mass is 9.93. The molecule has 0 aliphatic carbocycles. The second-order valence-electron chi connectivity index (χ2n) is 5.57. The summed E-state index contributed by atoms with van der Waals surface area (Å²) in [4.78, 5) is 1.89. The molecule has 1 aliphatic heterocycles. The lowest BCUT2D eigenvalue weighted by molar-refractivity contribution is -0.138. The van der Waals surface area contributed by atoms with Gasteiger partial charge in [0.15, 0.2) is 0 Å². The minimum Gasteiger partial charge on any atom is -0.298 e. The van der Waals surface area contributed by atoms with Crippen molar-refractivity contribution >= 4 is 0 Å². The Morgan fingerprint density at radius 3 is 2.38 bits per heavy atom. The lowest BCUT2D eigenvalue weighted by Crippen LogP contribution is -2.33. The highest BCUT2D eigenvalue weighted by atomic mass is 19.4. The molecule has 21 heavy (non-hydrogen) atoms. The van der Waals surface area contributed by atoms with Gasteiger partial charge in [0.1, 0.15) is 0 Å². The summed E-state index contributed by atoms with van der Waals surface area (Å²) in [5.41, 5.74) is 3.79. The molecular weight excluding hydrogens is 275 g/mol. The maximum Gasteiger partial charge on any atom is 0.390 e. The molecule has 1 nitrogen and oxygen atoms in total. The molecule has 0 N–H and O–H groups in total. The molecule has 0 fully saturated rings. The molecule has 4 heteroatoms. The third-order valence-electron chi connectivity index (χ3n) is 3.70. The van der Waals surface area contributed by atoms with Gasteiger partial charge in [-0.05, 0) is 29.0 Å². The molecule has 1 aromatic carbocycles. The fourth-order valence-electron chi connectivity index (χ4n) is 2.47. The van der Waals surface area contributed by atoms with Gasteiger partial charge in [0.05, 0.1) is 6.42 Å². The van der Waals surface area contributed by atoms with Crippen LogP contribution in [0.2, 0.25) is 0 Å². The zero-order chi connectivity index (χ0) is 16.0. The van der Waals surface area contributed by atoms with Crippen LogP contribution in [0.15, 0.2) is 18.2 Å². The Morgan fingerprint density at radius 1 is 1.14 bits per heavy atom. The van der Waals surface area contributed by atoms with E-state index in [1.54, 1.807) is 0 Å². The summed E-state index contributed by atoms with van der Waals surface area (Å²) in [6, 6.07) is 6.38. The van der Waals surface area contributed by atoms with Crippen molar-refractivity contribution in [2.75, 3.05) is 13.1 Å². The van der Waals surface area contributed by atoms with E-state index in [1.165, 1.54) is 16.7 Å². The van der Waals surface area contributed by atoms with Crippen LogP contribution in [0.25, 0.3) is 0 Å². The number of rotatable bonds is 3. The predicted molar refractivity (Wildman–Crippen MR) is 81.5 cm³/mol. The third kappa shape index (κ3) is 5.70. The van der Waals surface area contributed by atoms with E-state index >= 15 is 0 Å². The summed E-state index contributed by atoms with van der Waals surface area (Å²) < 4.78 is 36.7. The second-order valence-corrected chi connectivity index (χ2v) is 5.57. The van der Waals surface area contributed by atoms with Crippen molar-refractivity contribution in [2.24, 2.45) is 0 Å².